The molecule has 0 aliphatic carbocycles. The van der Waals surface area contributed by atoms with Crippen molar-refractivity contribution in [1.29, 1.82) is 0 Å². The van der Waals surface area contributed by atoms with Gasteiger partial charge in [0, 0.05) is 49.5 Å². The summed E-state index contributed by atoms with van der Waals surface area (Å²) in [6, 6.07) is 13.3. The minimum absolute atomic E-state index is 0.0451. The Bertz CT molecular complexity index is 1440. The lowest BCUT2D eigenvalue weighted by Crippen LogP contribution is -2.49. The first kappa shape index (κ1) is 24.6. The highest BCUT2D eigenvalue weighted by atomic mass is 19.1. The SMILES string of the molecule is COc1ccncc1-c1cc(C(C)C)c(F)c2[nH]c(C(=O)N3CCN(c4ccccc4OC)CC3)cc12. The van der Waals surface area contributed by atoms with Gasteiger partial charge in [0.1, 0.15) is 17.2 Å². The third-order valence-electron chi connectivity index (χ3n) is 7.02. The van der Waals surface area contributed by atoms with Gasteiger partial charge in [0.15, 0.2) is 5.82 Å². The average molecular weight is 503 g/mol. The van der Waals surface area contributed by atoms with Crippen LogP contribution in [0.4, 0.5) is 10.1 Å². The van der Waals surface area contributed by atoms with Gasteiger partial charge in [-0.3, -0.25) is 9.78 Å². The summed E-state index contributed by atoms with van der Waals surface area (Å²) in [5.41, 5.74) is 3.80. The summed E-state index contributed by atoms with van der Waals surface area (Å²) in [5.74, 6) is 0.922. The van der Waals surface area contributed by atoms with Gasteiger partial charge in [0.2, 0.25) is 0 Å². The van der Waals surface area contributed by atoms with Gasteiger partial charge in [-0.15, -0.1) is 0 Å². The highest BCUT2D eigenvalue weighted by Crippen LogP contribution is 2.39. The molecular formula is C29H31FN4O3. The third kappa shape index (κ3) is 4.48. The van der Waals surface area contributed by atoms with Gasteiger partial charge in [-0.25, -0.2) is 4.39 Å². The molecule has 0 unspecified atom stereocenters. The number of nitrogens with zero attached hydrogens (tertiary/aromatic N) is 3. The van der Waals surface area contributed by atoms with Gasteiger partial charge in [-0.1, -0.05) is 26.0 Å². The molecule has 4 aromatic rings. The number of piperazine rings is 1. The summed E-state index contributed by atoms with van der Waals surface area (Å²) in [6.07, 6.45) is 3.37. The van der Waals surface area contributed by atoms with Gasteiger partial charge < -0.3 is 24.3 Å². The Morgan fingerprint density at radius 2 is 1.73 bits per heavy atom. The molecule has 2 aromatic heterocycles. The van der Waals surface area contributed by atoms with E-state index in [-0.39, 0.29) is 17.6 Å². The number of benzene rings is 2. The monoisotopic (exact) mass is 502 g/mol. The molecule has 1 aliphatic rings. The molecule has 0 spiro atoms. The molecule has 37 heavy (non-hydrogen) atoms. The summed E-state index contributed by atoms with van der Waals surface area (Å²) in [5, 5.41) is 0.629. The molecule has 0 radical (unpaired) electrons. The largest absolute Gasteiger partial charge is 0.496 e. The second-order valence-electron chi connectivity index (χ2n) is 9.48. The number of hydrogen-bond acceptors (Lipinski definition) is 5. The van der Waals surface area contributed by atoms with E-state index in [0.29, 0.717) is 54.1 Å². The van der Waals surface area contributed by atoms with Crippen LogP contribution < -0.4 is 14.4 Å². The molecular weight excluding hydrogens is 471 g/mol. The number of methoxy groups -OCH3 is 2. The number of carbonyl (C=O) groups excluding carboxylic acids is 1. The lowest BCUT2D eigenvalue weighted by Gasteiger charge is -2.36. The highest BCUT2D eigenvalue weighted by molar-refractivity contribution is 6.04. The fourth-order valence-electron chi connectivity index (χ4n) is 5.01. The van der Waals surface area contributed by atoms with Crippen molar-refractivity contribution in [2.75, 3.05) is 45.3 Å². The molecule has 3 heterocycles. The molecule has 192 valence electrons. The van der Waals surface area contributed by atoms with E-state index in [1.807, 2.05) is 49.1 Å². The number of carbonyl (C=O) groups is 1. The van der Waals surface area contributed by atoms with Gasteiger partial charge >= 0.3 is 0 Å². The number of amides is 1. The summed E-state index contributed by atoms with van der Waals surface area (Å²) in [6.45, 7) is 6.35. The maximum atomic E-state index is 15.6. The molecule has 8 heteroatoms. The topological polar surface area (TPSA) is 70.7 Å². The van der Waals surface area contributed by atoms with Gasteiger partial charge in [-0.05, 0) is 47.4 Å². The van der Waals surface area contributed by atoms with E-state index in [4.69, 9.17) is 9.47 Å². The van der Waals surface area contributed by atoms with Crippen molar-refractivity contribution >= 4 is 22.5 Å². The van der Waals surface area contributed by atoms with Crippen LogP contribution in [-0.4, -0.2) is 61.2 Å². The Morgan fingerprint density at radius 1 is 1.00 bits per heavy atom. The number of halogens is 1. The molecule has 5 rings (SSSR count). The molecule has 1 N–H and O–H groups in total. The van der Waals surface area contributed by atoms with Crippen LogP contribution in [-0.2, 0) is 0 Å². The van der Waals surface area contributed by atoms with E-state index in [2.05, 4.69) is 14.9 Å². The Hall–Kier alpha value is -4.07. The maximum absolute atomic E-state index is 15.6. The van der Waals surface area contributed by atoms with Crippen LogP contribution in [0.15, 0.2) is 54.9 Å². The van der Waals surface area contributed by atoms with E-state index in [0.717, 1.165) is 22.6 Å². The number of para-hydroxylation sites is 2. The van der Waals surface area contributed by atoms with Crippen molar-refractivity contribution in [1.82, 2.24) is 14.9 Å². The number of ether oxygens (including phenoxy) is 2. The first-order valence-corrected chi connectivity index (χ1v) is 12.4. The van der Waals surface area contributed by atoms with Crippen molar-refractivity contribution in [2.45, 2.75) is 19.8 Å². The summed E-state index contributed by atoms with van der Waals surface area (Å²) in [4.78, 5) is 24.9. The van der Waals surface area contributed by atoms with Crippen molar-refractivity contribution in [3.63, 3.8) is 0 Å². The molecule has 0 atom stereocenters. The number of aromatic amines is 1. The molecule has 0 bridgehead atoms. The fourth-order valence-corrected chi connectivity index (χ4v) is 5.01. The van der Waals surface area contributed by atoms with Crippen molar-refractivity contribution < 1.29 is 18.7 Å². The van der Waals surface area contributed by atoms with Gasteiger partial charge in [0.25, 0.3) is 5.91 Å². The number of anilines is 1. The number of aromatic nitrogens is 2. The Labute approximate surface area is 215 Å². The number of fused-ring (bicyclic) bond motifs is 1. The fraction of sp³-hybridized carbons (Fsp3) is 0.310. The Morgan fingerprint density at radius 3 is 2.43 bits per heavy atom. The van der Waals surface area contributed by atoms with Crippen molar-refractivity contribution in [3.05, 3.63) is 71.9 Å². The zero-order valence-electron chi connectivity index (χ0n) is 21.5. The Kier molecular flexibility index (Phi) is 6.74. The van der Waals surface area contributed by atoms with E-state index in [1.165, 1.54) is 0 Å². The van der Waals surface area contributed by atoms with Crippen molar-refractivity contribution in [2.24, 2.45) is 0 Å². The summed E-state index contributed by atoms with van der Waals surface area (Å²) >= 11 is 0. The summed E-state index contributed by atoms with van der Waals surface area (Å²) < 4.78 is 26.7. The zero-order chi connectivity index (χ0) is 26.1. The molecule has 0 saturated carbocycles. The van der Waals surface area contributed by atoms with E-state index >= 15 is 4.39 Å². The van der Waals surface area contributed by atoms with Crippen LogP contribution in [0.25, 0.3) is 22.0 Å². The van der Waals surface area contributed by atoms with E-state index in [1.54, 1.807) is 38.7 Å². The standard InChI is InChI=1S/C29H31FN4O3/c1-18(2)19-15-20(22-17-31-10-9-25(22)36-3)21-16-23(32-28(21)27(19)30)29(35)34-13-11-33(12-14-34)24-7-5-6-8-26(24)37-4/h5-10,15-18,32H,11-14H2,1-4H3. The van der Waals surface area contributed by atoms with E-state index < -0.39 is 0 Å². The lowest BCUT2D eigenvalue weighted by molar-refractivity contribution is 0.0741. The second-order valence-corrected chi connectivity index (χ2v) is 9.48. The highest BCUT2D eigenvalue weighted by Gasteiger charge is 2.27. The average Bonchev–Trinajstić information content (AvgIpc) is 3.39. The number of nitrogens with one attached hydrogen (secondary N) is 1. The predicted molar refractivity (Wildman–Crippen MR) is 143 cm³/mol. The molecule has 1 aliphatic heterocycles. The second kappa shape index (κ2) is 10.1. The first-order chi connectivity index (χ1) is 17.9. The number of hydrogen-bond donors (Lipinski definition) is 1. The van der Waals surface area contributed by atoms with Crippen LogP contribution in [0, 0.1) is 5.82 Å². The molecule has 2 aromatic carbocycles. The van der Waals surface area contributed by atoms with E-state index in [9.17, 15) is 4.79 Å². The molecule has 1 amide bonds. The number of rotatable bonds is 6. The summed E-state index contributed by atoms with van der Waals surface area (Å²) in [7, 11) is 3.26. The minimum atomic E-state index is -0.336. The van der Waals surface area contributed by atoms with Crippen molar-refractivity contribution in [3.8, 4) is 22.6 Å². The van der Waals surface area contributed by atoms with Gasteiger partial charge in [-0.2, -0.15) is 0 Å². The third-order valence-corrected chi connectivity index (χ3v) is 7.02. The zero-order valence-corrected chi connectivity index (χ0v) is 21.5. The molecule has 1 saturated heterocycles. The number of pyridine rings is 1. The van der Waals surface area contributed by atoms with Crippen LogP contribution in [0.2, 0.25) is 0 Å². The lowest BCUT2D eigenvalue weighted by atomic mass is 9.94. The van der Waals surface area contributed by atoms with Crippen LogP contribution in [0.1, 0.15) is 35.8 Å². The van der Waals surface area contributed by atoms with Crippen LogP contribution >= 0.6 is 0 Å². The maximum Gasteiger partial charge on any atom is 0.270 e. The normalized spacial score (nSPS) is 13.9. The minimum Gasteiger partial charge on any atom is -0.496 e. The predicted octanol–water partition coefficient (Wildman–Crippen LogP) is 5.47. The Balaban J connectivity index is 1.48. The van der Waals surface area contributed by atoms with Crippen LogP contribution in [0.5, 0.6) is 11.5 Å². The first-order valence-electron chi connectivity index (χ1n) is 12.4. The quantitative estimate of drug-likeness (QED) is 0.379. The van der Waals surface area contributed by atoms with Gasteiger partial charge in [0.05, 0.1) is 25.4 Å². The number of H-pyrrole nitrogens is 1. The smallest absolute Gasteiger partial charge is 0.270 e. The van der Waals surface area contributed by atoms with Crippen LogP contribution in [0.3, 0.4) is 0 Å². The molecule has 7 nitrogen and oxygen atoms in total. The molecule has 1 fully saturated rings.